The molecular formula is C14H22N4. The maximum atomic E-state index is 6.16. The number of benzene rings is 1. The molecule has 18 heavy (non-hydrogen) atoms. The van der Waals surface area contributed by atoms with Gasteiger partial charge in [-0.15, -0.1) is 0 Å². The number of aromatic nitrogens is 2. The highest BCUT2D eigenvalue weighted by Crippen LogP contribution is 2.19. The molecule has 2 rings (SSSR count). The fourth-order valence-electron chi connectivity index (χ4n) is 2.37. The standard InChI is InChI=1S/C14H22N4/c1-4-18-14-8-6-5-7-12(14)13(16-18)9-11(15)10-17(2)3/h5-8,11H,4,9-10,15H2,1-3H3. The van der Waals surface area contributed by atoms with E-state index in [2.05, 4.69) is 41.2 Å². The molecule has 0 bridgehead atoms. The first-order valence-electron chi connectivity index (χ1n) is 6.46. The van der Waals surface area contributed by atoms with Crippen molar-refractivity contribution in [3.63, 3.8) is 0 Å². The van der Waals surface area contributed by atoms with Crippen LogP contribution in [0.15, 0.2) is 24.3 Å². The van der Waals surface area contributed by atoms with E-state index in [1.54, 1.807) is 0 Å². The Labute approximate surface area is 108 Å². The smallest absolute Gasteiger partial charge is 0.0719 e. The van der Waals surface area contributed by atoms with Crippen LogP contribution in [-0.4, -0.2) is 41.4 Å². The third-order valence-electron chi connectivity index (χ3n) is 3.09. The summed E-state index contributed by atoms with van der Waals surface area (Å²) < 4.78 is 2.05. The zero-order valence-corrected chi connectivity index (χ0v) is 11.4. The van der Waals surface area contributed by atoms with Crippen LogP contribution in [0, 0.1) is 0 Å². The molecule has 0 saturated carbocycles. The molecule has 1 atom stereocenters. The van der Waals surface area contributed by atoms with Crippen molar-refractivity contribution in [2.24, 2.45) is 5.73 Å². The minimum absolute atomic E-state index is 0.128. The highest BCUT2D eigenvalue weighted by atomic mass is 15.3. The molecule has 1 aromatic carbocycles. The van der Waals surface area contributed by atoms with E-state index >= 15 is 0 Å². The molecule has 1 unspecified atom stereocenters. The van der Waals surface area contributed by atoms with Crippen LogP contribution in [0.25, 0.3) is 10.9 Å². The Balaban J connectivity index is 2.28. The SMILES string of the molecule is CCn1nc(CC(N)CN(C)C)c2ccccc21. The Morgan fingerprint density at radius 2 is 2.06 bits per heavy atom. The lowest BCUT2D eigenvalue weighted by Crippen LogP contribution is -2.35. The van der Waals surface area contributed by atoms with Crippen molar-refractivity contribution >= 4 is 10.9 Å². The molecule has 1 heterocycles. The molecule has 0 aliphatic rings. The van der Waals surface area contributed by atoms with E-state index < -0.39 is 0 Å². The van der Waals surface area contributed by atoms with Crippen LogP contribution in [0.3, 0.4) is 0 Å². The lowest BCUT2D eigenvalue weighted by molar-refractivity contribution is 0.370. The van der Waals surface area contributed by atoms with Gasteiger partial charge in [-0.1, -0.05) is 18.2 Å². The predicted molar refractivity (Wildman–Crippen MR) is 75.6 cm³/mol. The second-order valence-corrected chi connectivity index (χ2v) is 5.01. The monoisotopic (exact) mass is 246 g/mol. The van der Waals surface area contributed by atoms with E-state index in [1.807, 2.05) is 18.8 Å². The molecule has 2 N–H and O–H groups in total. The summed E-state index contributed by atoms with van der Waals surface area (Å²) in [5.41, 5.74) is 8.47. The molecule has 0 amide bonds. The number of fused-ring (bicyclic) bond motifs is 1. The zero-order chi connectivity index (χ0) is 13.1. The minimum atomic E-state index is 0.128. The molecule has 0 saturated heterocycles. The van der Waals surface area contributed by atoms with Gasteiger partial charge in [-0.3, -0.25) is 4.68 Å². The largest absolute Gasteiger partial charge is 0.326 e. The van der Waals surface area contributed by atoms with Gasteiger partial charge in [-0.05, 0) is 27.1 Å². The van der Waals surface area contributed by atoms with Crippen molar-refractivity contribution in [3.05, 3.63) is 30.0 Å². The van der Waals surface area contributed by atoms with Gasteiger partial charge in [0.25, 0.3) is 0 Å². The van der Waals surface area contributed by atoms with E-state index in [4.69, 9.17) is 5.73 Å². The number of likely N-dealkylation sites (N-methyl/N-ethyl adjacent to an activating group) is 1. The fraction of sp³-hybridized carbons (Fsp3) is 0.500. The maximum Gasteiger partial charge on any atom is 0.0719 e. The lowest BCUT2D eigenvalue weighted by Gasteiger charge is -2.15. The van der Waals surface area contributed by atoms with Crippen molar-refractivity contribution in [1.29, 1.82) is 0 Å². The lowest BCUT2D eigenvalue weighted by atomic mass is 10.1. The molecule has 0 aliphatic heterocycles. The second-order valence-electron chi connectivity index (χ2n) is 5.01. The fourth-order valence-corrected chi connectivity index (χ4v) is 2.37. The Kier molecular flexibility index (Phi) is 3.99. The van der Waals surface area contributed by atoms with Crippen molar-refractivity contribution in [3.8, 4) is 0 Å². The Bertz CT molecular complexity index is 515. The molecule has 4 heteroatoms. The summed E-state index contributed by atoms with van der Waals surface area (Å²) in [7, 11) is 4.09. The molecule has 1 aromatic heterocycles. The molecule has 0 spiro atoms. The van der Waals surface area contributed by atoms with E-state index in [9.17, 15) is 0 Å². The quantitative estimate of drug-likeness (QED) is 0.869. The van der Waals surface area contributed by atoms with Gasteiger partial charge in [0, 0.05) is 30.9 Å². The van der Waals surface area contributed by atoms with Gasteiger partial charge in [0.15, 0.2) is 0 Å². The Hall–Kier alpha value is -1.39. The zero-order valence-electron chi connectivity index (χ0n) is 11.4. The summed E-state index contributed by atoms with van der Waals surface area (Å²) in [6.07, 6.45) is 0.825. The first kappa shape index (κ1) is 13.1. The topological polar surface area (TPSA) is 47.1 Å². The number of para-hydroxylation sites is 1. The van der Waals surface area contributed by atoms with Crippen LogP contribution >= 0.6 is 0 Å². The highest BCUT2D eigenvalue weighted by molar-refractivity contribution is 5.82. The summed E-state index contributed by atoms with van der Waals surface area (Å²) in [5, 5.41) is 5.90. The molecular weight excluding hydrogens is 224 g/mol. The van der Waals surface area contributed by atoms with E-state index in [-0.39, 0.29) is 6.04 Å². The van der Waals surface area contributed by atoms with E-state index in [1.165, 1.54) is 10.9 Å². The number of rotatable bonds is 5. The molecule has 0 radical (unpaired) electrons. The minimum Gasteiger partial charge on any atom is -0.326 e. The summed E-state index contributed by atoms with van der Waals surface area (Å²) >= 11 is 0. The molecule has 4 nitrogen and oxygen atoms in total. The Morgan fingerprint density at radius 1 is 1.33 bits per heavy atom. The second kappa shape index (κ2) is 5.50. The van der Waals surface area contributed by atoms with E-state index in [0.717, 1.165) is 25.2 Å². The highest BCUT2D eigenvalue weighted by Gasteiger charge is 2.13. The number of hydrogen-bond donors (Lipinski definition) is 1. The van der Waals surface area contributed by atoms with Gasteiger partial charge < -0.3 is 10.6 Å². The normalized spacial score (nSPS) is 13.4. The number of nitrogens with zero attached hydrogens (tertiary/aromatic N) is 3. The van der Waals surface area contributed by atoms with Crippen LogP contribution in [0.5, 0.6) is 0 Å². The average Bonchev–Trinajstić information content (AvgIpc) is 2.67. The van der Waals surface area contributed by atoms with Gasteiger partial charge in [-0.25, -0.2) is 0 Å². The van der Waals surface area contributed by atoms with Gasteiger partial charge in [-0.2, -0.15) is 5.10 Å². The summed E-state index contributed by atoms with van der Waals surface area (Å²) in [5.74, 6) is 0. The molecule has 2 aromatic rings. The number of aryl methyl sites for hydroxylation is 1. The first-order chi connectivity index (χ1) is 8.61. The van der Waals surface area contributed by atoms with E-state index in [0.29, 0.717) is 0 Å². The molecule has 98 valence electrons. The number of nitrogens with two attached hydrogens (primary N) is 1. The van der Waals surface area contributed by atoms with Crippen LogP contribution < -0.4 is 5.73 Å². The summed E-state index contributed by atoms with van der Waals surface area (Å²) in [6.45, 7) is 3.89. The summed E-state index contributed by atoms with van der Waals surface area (Å²) in [6, 6.07) is 8.49. The molecule has 0 aliphatic carbocycles. The van der Waals surface area contributed by atoms with Crippen LogP contribution in [0.4, 0.5) is 0 Å². The van der Waals surface area contributed by atoms with Crippen LogP contribution in [0.2, 0.25) is 0 Å². The van der Waals surface area contributed by atoms with Crippen molar-refractivity contribution in [2.45, 2.75) is 25.9 Å². The van der Waals surface area contributed by atoms with Crippen LogP contribution in [-0.2, 0) is 13.0 Å². The van der Waals surface area contributed by atoms with Crippen molar-refractivity contribution < 1.29 is 0 Å². The average molecular weight is 246 g/mol. The molecule has 0 fully saturated rings. The number of hydrogen-bond acceptors (Lipinski definition) is 3. The van der Waals surface area contributed by atoms with Crippen LogP contribution in [0.1, 0.15) is 12.6 Å². The van der Waals surface area contributed by atoms with Gasteiger partial charge in [0.1, 0.15) is 0 Å². The maximum absolute atomic E-state index is 6.16. The van der Waals surface area contributed by atoms with Gasteiger partial charge >= 0.3 is 0 Å². The first-order valence-corrected chi connectivity index (χ1v) is 6.46. The Morgan fingerprint density at radius 3 is 2.72 bits per heavy atom. The van der Waals surface area contributed by atoms with Crippen molar-refractivity contribution in [2.75, 3.05) is 20.6 Å². The van der Waals surface area contributed by atoms with Crippen molar-refractivity contribution in [1.82, 2.24) is 14.7 Å². The third-order valence-corrected chi connectivity index (χ3v) is 3.09. The third kappa shape index (κ3) is 2.71. The van der Waals surface area contributed by atoms with Gasteiger partial charge in [0.2, 0.25) is 0 Å². The predicted octanol–water partition coefficient (Wildman–Crippen LogP) is 1.49. The van der Waals surface area contributed by atoms with Gasteiger partial charge in [0.05, 0.1) is 11.2 Å². The summed E-state index contributed by atoms with van der Waals surface area (Å²) in [4.78, 5) is 2.11.